The summed E-state index contributed by atoms with van der Waals surface area (Å²) in [5, 5.41) is 3.78. The van der Waals surface area contributed by atoms with E-state index in [9.17, 15) is 0 Å². The van der Waals surface area contributed by atoms with Crippen molar-refractivity contribution < 1.29 is 0 Å². The molecule has 0 amide bonds. The molecule has 1 aliphatic heterocycles. The van der Waals surface area contributed by atoms with Crippen LogP contribution in [0.1, 0.15) is 65.7 Å². The van der Waals surface area contributed by atoms with E-state index in [1.165, 1.54) is 64.6 Å². The Bertz CT molecular complexity index is 239. The Labute approximate surface area is 114 Å². The van der Waals surface area contributed by atoms with Crippen molar-refractivity contribution in [2.45, 2.75) is 77.3 Å². The van der Waals surface area contributed by atoms with Crippen molar-refractivity contribution in [3.63, 3.8) is 0 Å². The van der Waals surface area contributed by atoms with Crippen LogP contribution in [0.4, 0.5) is 0 Å². The summed E-state index contributed by atoms with van der Waals surface area (Å²) in [5.41, 5.74) is 0.403. The highest BCUT2D eigenvalue weighted by Gasteiger charge is 2.35. The number of piperazine rings is 1. The van der Waals surface area contributed by atoms with Gasteiger partial charge in [0.2, 0.25) is 0 Å². The van der Waals surface area contributed by atoms with E-state index in [2.05, 4.69) is 31.0 Å². The van der Waals surface area contributed by atoms with Gasteiger partial charge in [-0.15, -0.1) is 0 Å². The molecule has 2 rings (SSSR count). The molecule has 106 valence electrons. The lowest BCUT2D eigenvalue weighted by molar-refractivity contribution is 0.0605. The Morgan fingerprint density at radius 3 is 2.28 bits per heavy atom. The van der Waals surface area contributed by atoms with Crippen LogP contribution in [0.25, 0.3) is 0 Å². The first kappa shape index (κ1) is 14.3. The molecule has 0 aromatic carbocycles. The third kappa shape index (κ3) is 3.08. The van der Waals surface area contributed by atoms with Crippen LogP contribution in [0.3, 0.4) is 0 Å². The molecule has 0 unspecified atom stereocenters. The van der Waals surface area contributed by atoms with Crippen molar-refractivity contribution in [1.29, 1.82) is 0 Å². The summed E-state index contributed by atoms with van der Waals surface area (Å²) in [6.45, 7) is 10.8. The Morgan fingerprint density at radius 1 is 1.06 bits per heavy atom. The summed E-state index contributed by atoms with van der Waals surface area (Å²) in [6.07, 6.45) is 9.76. The second-order valence-corrected chi connectivity index (χ2v) is 6.47. The fourth-order valence-corrected chi connectivity index (χ4v) is 3.94. The van der Waals surface area contributed by atoms with E-state index >= 15 is 0 Å². The molecule has 18 heavy (non-hydrogen) atoms. The molecule has 0 radical (unpaired) electrons. The second kappa shape index (κ2) is 6.38. The summed E-state index contributed by atoms with van der Waals surface area (Å²) >= 11 is 0. The molecule has 0 spiro atoms. The van der Waals surface area contributed by atoms with E-state index in [-0.39, 0.29) is 0 Å². The van der Waals surface area contributed by atoms with Crippen LogP contribution in [-0.2, 0) is 0 Å². The van der Waals surface area contributed by atoms with Crippen molar-refractivity contribution in [3.8, 4) is 0 Å². The molecule has 0 aromatic heterocycles. The summed E-state index contributed by atoms with van der Waals surface area (Å²) < 4.78 is 0. The van der Waals surface area contributed by atoms with Crippen molar-refractivity contribution in [2.24, 2.45) is 5.92 Å². The smallest absolute Gasteiger partial charge is 0.0304 e. The Balaban J connectivity index is 1.89. The van der Waals surface area contributed by atoms with E-state index < -0.39 is 0 Å². The lowest BCUT2D eigenvalue weighted by Crippen LogP contribution is -2.62. The van der Waals surface area contributed by atoms with E-state index in [4.69, 9.17) is 0 Å². The van der Waals surface area contributed by atoms with Crippen LogP contribution < -0.4 is 5.32 Å². The maximum Gasteiger partial charge on any atom is 0.0304 e. The van der Waals surface area contributed by atoms with Crippen molar-refractivity contribution in [1.82, 2.24) is 10.2 Å². The van der Waals surface area contributed by atoms with Gasteiger partial charge in [0, 0.05) is 31.2 Å². The molecule has 2 fully saturated rings. The molecule has 0 atom stereocenters. The van der Waals surface area contributed by atoms with Gasteiger partial charge in [0.15, 0.2) is 0 Å². The minimum absolute atomic E-state index is 0.403. The quantitative estimate of drug-likeness (QED) is 0.825. The molecule has 1 saturated carbocycles. The molecule has 0 bridgehead atoms. The Hall–Kier alpha value is -0.0800. The molecule has 2 nitrogen and oxygen atoms in total. The summed E-state index contributed by atoms with van der Waals surface area (Å²) in [6, 6.07) is 0.882. The number of rotatable bonds is 4. The largest absolute Gasteiger partial charge is 0.309 e. The highest BCUT2D eigenvalue weighted by molar-refractivity contribution is 4.95. The molecule has 1 saturated heterocycles. The van der Waals surface area contributed by atoms with Crippen molar-refractivity contribution in [2.75, 3.05) is 19.6 Å². The van der Waals surface area contributed by atoms with Gasteiger partial charge in [0.25, 0.3) is 0 Å². The molecule has 0 aromatic rings. The van der Waals surface area contributed by atoms with Gasteiger partial charge in [0.05, 0.1) is 0 Å². The molecule has 1 heterocycles. The zero-order valence-corrected chi connectivity index (χ0v) is 12.7. The third-order valence-electron chi connectivity index (χ3n) is 5.67. The van der Waals surface area contributed by atoms with Crippen molar-refractivity contribution >= 4 is 0 Å². The predicted octanol–water partition coefficient (Wildman–Crippen LogP) is 3.42. The topological polar surface area (TPSA) is 15.3 Å². The minimum atomic E-state index is 0.403. The van der Waals surface area contributed by atoms with Gasteiger partial charge in [-0.3, -0.25) is 4.90 Å². The molecular formula is C16H32N2. The monoisotopic (exact) mass is 252 g/mol. The molecule has 1 N–H and O–H groups in total. The lowest BCUT2D eigenvalue weighted by atomic mass is 9.82. The molecular weight excluding hydrogens is 220 g/mol. The van der Waals surface area contributed by atoms with Gasteiger partial charge in [-0.1, -0.05) is 27.2 Å². The van der Waals surface area contributed by atoms with Crippen LogP contribution in [0.15, 0.2) is 0 Å². The number of nitrogens with one attached hydrogen (secondary N) is 1. The maximum atomic E-state index is 3.78. The normalized spacial score (nSPS) is 33.5. The number of hydrogen-bond donors (Lipinski definition) is 1. The predicted molar refractivity (Wildman–Crippen MR) is 78.9 cm³/mol. The van der Waals surface area contributed by atoms with Gasteiger partial charge in [-0.05, 0) is 44.4 Å². The Kier molecular flexibility index (Phi) is 5.08. The third-order valence-corrected chi connectivity index (χ3v) is 5.67. The first-order valence-corrected chi connectivity index (χ1v) is 8.22. The number of hydrogen-bond acceptors (Lipinski definition) is 2. The molecule has 2 aliphatic rings. The van der Waals surface area contributed by atoms with E-state index in [0.717, 1.165) is 12.0 Å². The second-order valence-electron chi connectivity index (χ2n) is 6.47. The van der Waals surface area contributed by atoms with Crippen molar-refractivity contribution in [3.05, 3.63) is 0 Å². The fraction of sp³-hybridized carbons (Fsp3) is 1.00. The highest BCUT2D eigenvalue weighted by Crippen LogP contribution is 2.31. The van der Waals surface area contributed by atoms with Crippen LogP contribution in [-0.4, -0.2) is 36.1 Å². The SMILES string of the molecule is CCC1CCC(N2CCNC(CC)(CC)C2)CC1. The first-order valence-electron chi connectivity index (χ1n) is 8.22. The zero-order valence-electron chi connectivity index (χ0n) is 12.7. The van der Waals surface area contributed by atoms with Crippen LogP contribution >= 0.6 is 0 Å². The fourth-order valence-electron chi connectivity index (χ4n) is 3.94. The van der Waals surface area contributed by atoms with E-state index in [0.29, 0.717) is 5.54 Å². The van der Waals surface area contributed by atoms with E-state index in [1.807, 2.05) is 0 Å². The average molecular weight is 252 g/mol. The van der Waals surface area contributed by atoms with Crippen LogP contribution in [0.5, 0.6) is 0 Å². The standard InChI is InChI=1S/C16H32N2/c1-4-14-7-9-15(10-8-14)18-12-11-17-16(5-2,6-3)13-18/h14-15,17H,4-13H2,1-3H3. The minimum Gasteiger partial charge on any atom is -0.309 e. The number of nitrogens with zero attached hydrogens (tertiary/aromatic N) is 1. The van der Waals surface area contributed by atoms with Crippen LogP contribution in [0, 0.1) is 5.92 Å². The van der Waals surface area contributed by atoms with Gasteiger partial charge >= 0.3 is 0 Å². The highest BCUT2D eigenvalue weighted by atomic mass is 15.2. The average Bonchev–Trinajstić information content (AvgIpc) is 2.47. The van der Waals surface area contributed by atoms with Gasteiger partial charge < -0.3 is 5.32 Å². The summed E-state index contributed by atoms with van der Waals surface area (Å²) in [5.74, 6) is 1.02. The van der Waals surface area contributed by atoms with Crippen LogP contribution in [0.2, 0.25) is 0 Å². The molecule has 1 aliphatic carbocycles. The molecule has 2 heteroatoms. The summed E-state index contributed by atoms with van der Waals surface area (Å²) in [7, 11) is 0. The van der Waals surface area contributed by atoms with Gasteiger partial charge in [-0.2, -0.15) is 0 Å². The van der Waals surface area contributed by atoms with Gasteiger partial charge in [0.1, 0.15) is 0 Å². The zero-order chi connectivity index (χ0) is 13.0. The first-order chi connectivity index (χ1) is 8.73. The van der Waals surface area contributed by atoms with E-state index in [1.54, 1.807) is 0 Å². The summed E-state index contributed by atoms with van der Waals surface area (Å²) in [4.78, 5) is 2.80. The Morgan fingerprint density at radius 2 is 1.72 bits per heavy atom. The maximum absolute atomic E-state index is 3.78. The lowest BCUT2D eigenvalue weighted by Gasteiger charge is -2.47. The van der Waals surface area contributed by atoms with Gasteiger partial charge in [-0.25, -0.2) is 0 Å².